The fraction of sp³-hybridized carbons (Fsp3) is 0.600. The minimum atomic E-state index is -0.769. The molecule has 72 valence electrons. The van der Waals surface area contributed by atoms with Crippen LogP contribution in [0.25, 0.3) is 0 Å². The van der Waals surface area contributed by atoms with Gasteiger partial charge in [-0.1, -0.05) is 0 Å². The summed E-state index contributed by atoms with van der Waals surface area (Å²) >= 11 is 0. The van der Waals surface area contributed by atoms with Crippen LogP contribution in [0.3, 0.4) is 0 Å². The normalized spacial score (nSPS) is 11.2. The van der Waals surface area contributed by atoms with E-state index in [1.54, 1.807) is 0 Å². The largest absolute Gasteiger partial charge is 0.368 e. The van der Waals surface area contributed by atoms with Crippen molar-refractivity contribution in [2.45, 2.75) is 6.04 Å². The summed E-state index contributed by atoms with van der Waals surface area (Å²) in [6.07, 6.45) is 0. The molecule has 0 heterocycles. The zero-order valence-electron chi connectivity index (χ0n) is 6.45. The molecule has 0 saturated heterocycles. The molecule has 0 aliphatic rings. The molecule has 0 saturated carbocycles. The van der Waals surface area contributed by atoms with Crippen LogP contribution < -0.4 is 22.5 Å². The second kappa shape index (κ2) is 6.84. The lowest BCUT2D eigenvalue weighted by atomic mass is 10.3. The van der Waals surface area contributed by atoms with Gasteiger partial charge in [0.25, 0.3) is 0 Å². The van der Waals surface area contributed by atoms with Gasteiger partial charge in [-0.3, -0.25) is 9.59 Å². The minimum absolute atomic E-state index is 0. The molecule has 7 N–H and O–H groups in total. The van der Waals surface area contributed by atoms with E-state index in [0.717, 1.165) is 0 Å². The molecule has 2 amide bonds. The predicted octanol–water partition coefficient (Wildman–Crippen LogP) is -2.70. The quantitative estimate of drug-likeness (QED) is 0.390. The minimum Gasteiger partial charge on any atom is -0.368 e. The van der Waals surface area contributed by atoms with Crippen LogP contribution in [0, 0.1) is 0 Å². The second-order valence-corrected chi connectivity index (χ2v) is 2.03. The Kier molecular flexibility index (Phi) is 7.82. The summed E-state index contributed by atoms with van der Waals surface area (Å²) in [6.45, 7) is -0.156. The van der Waals surface area contributed by atoms with E-state index in [1.807, 2.05) is 0 Å². The molecule has 7 heteroatoms. The summed E-state index contributed by atoms with van der Waals surface area (Å²) in [5, 5.41) is 2.21. The van der Waals surface area contributed by atoms with E-state index in [-0.39, 0.29) is 25.5 Å². The third-order valence-corrected chi connectivity index (χ3v) is 1.03. The smallest absolute Gasteiger partial charge is 0.238 e. The lowest BCUT2D eigenvalue weighted by Gasteiger charge is -2.07. The number of amides is 2. The summed E-state index contributed by atoms with van der Waals surface area (Å²) in [5.41, 5.74) is 15.0. The average Bonchev–Trinajstić information content (AvgIpc) is 1.98. The van der Waals surface area contributed by atoms with Gasteiger partial charge in [0.2, 0.25) is 11.8 Å². The van der Waals surface area contributed by atoms with Crippen molar-refractivity contribution in [3.05, 3.63) is 0 Å². The number of carbonyl (C=O) groups excluding carboxylic acids is 2. The maximum atomic E-state index is 10.8. The van der Waals surface area contributed by atoms with Gasteiger partial charge >= 0.3 is 0 Å². The molecule has 0 bridgehead atoms. The van der Waals surface area contributed by atoms with E-state index in [1.165, 1.54) is 0 Å². The van der Waals surface area contributed by atoms with Gasteiger partial charge in [-0.05, 0) is 0 Å². The summed E-state index contributed by atoms with van der Waals surface area (Å²) in [5.74, 6) is -1.08. The predicted molar refractivity (Wildman–Crippen MR) is 46.5 cm³/mol. The van der Waals surface area contributed by atoms with Crippen molar-refractivity contribution in [3.8, 4) is 0 Å². The SMILES string of the molecule is Cl.NC[C@H](N)C(=O)NCC(N)=O. The maximum Gasteiger partial charge on any atom is 0.238 e. The van der Waals surface area contributed by atoms with Gasteiger partial charge in [0.15, 0.2) is 0 Å². The highest BCUT2D eigenvalue weighted by Crippen LogP contribution is 1.72. The third-order valence-electron chi connectivity index (χ3n) is 1.03. The van der Waals surface area contributed by atoms with Crippen LogP contribution in [0.1, 0.15) is 0 Å². The Balaban J connectivity index is 0. The Labute approximate surface area is 76.2 Å². The van der Waals surface area contributed by atoms with E-state index < -0.39 is 17.9 Å². The molecule has 0 radical (unpaired) electrons. The first-order valence-corrected chi connectivity index (χ1v) is 3.09. The van der Waals surface area contributed by atoms with Crippen LogP contribution in [0.4, 0.5) is 0 Å². The molecule has 1 atom stereocenters. The van der Waals surface area contributed by atoms with Gasteiger partial charge in [0.1, 0.15) is 0 Å². The molecule has 0 aromatic rings. The van der Waals surface area contributed by atoms with Gasteiger partial charge < -0.3 is 22.5 Å². The van der Waals surface area contributed by atoms with Crippen molar-refractivity contribution < 1.29 is 9.59 Å². The van der Waals surface area contributed by atoms with Gasteiger partial charge in [-0.25, -0.2) is 0 Å². The highest BCUT2D eigenvalue weighted by Gasteiger charge is 2.10. The Morgan fingerprint density at radius 3 is 2.25 bits per heavy atom. The lowest BCUT2D eigenvalue weighted by molar-refractivity contribution is -0.125. The molecule has 0 unspecified atom stereocenters. The highest BCUT2D eigenvalue weighted by molar-refractivity contribution is 5.86. The standard InChI is InChI=1S/C5H12N4O2.ClH/c6-1-3(7)5(11)9-2-4(8)10;/h3H,1-2,6-7H2,(H2,8,10)(H,9,11);1H/t3-;/m0./s1. The van der Waals surface area contributed by atoms with Gasteiger partial charge in [0, 0.05) is 6.54 Å². The van der Waals surface area contributed by atoms with E-state index in [4.69, 9.17) is 17.2 Å². The van der Waals surface area contributed by atoms with Crippen molar-refractivity contribution in [2.75, 3.05) is 13.1 Å². The van der Waals surface area contributed by atoms with Crippen molar-refractivity contribution in [1.82, 2.24) is 5.32 Å². The van der Waals surface area contributed by atoms with Crippen LogP contribution >= 0.6 is 12.4 Å². The molecule has 0 aliphatic heterocycles. The van der Waals surface area contributed by atoms with Crippen molar-refractivity contribution >= 4 is 24.2 Å². The Hall–Kier alpha value is -0.850. The number of hydrogen-bond acceptors (Lipinski definition) is 4. The second-order valence-electron chi connectivity index (χ2n) is 2.03. The van der Waals surface area contributed by atoms with Gasteiger partial charge in [0.05, 0.1) is 12.6 Å². The molecule has 0 fully saturated rings. The average molecular weight is 197 g/mol. The lowest BCUT2D eigenvalue weighted by Crippen LogP contribution is -2.47. The summed E-state index contributed by atoms with van der Waals surface area (Å²) < 4.78 is 0. The molecule has 0 aromatic carbocycles. The monoisotopic (exact) mass is 196 g/mol. The van der Waals surface area contributed by atoms with E-state index in [0.29, 0.717) is 0 Å². The number of carbonyl (C=O) groups is 2. The molecule has 0 rings (SSSR count). The molecule has 6 nitrogen and oxygen atoms in total. The highest BCUT2D eigenvalue weighted by atomic mass is 35.5. The number of primary amides is 1. The van der Waals surface area contributed by atoms with Gasteiger partial charge in [-0.15, -0.1) is 12.4 Å². The van der Waals surface area contributed by atoms with Crippen LogP contribution in [0.2, 0.25) is 0 Å². The van der Waals surface area contributed by atoms with Crippen molar-refractivity contribution in [3.63, 3.8) is 0 Å². The fourth-order valence-electron chi connectivity index (χ4n) is 0.412. The molecule has 0 spiro atoms. The molecular formula is C5H13ClN4O2. The zero-order chi connectivity index (χ0) is 8.85. The van der Waals surface area contributed by atoms with E-state index >= 15 is 0 Å². The molecule has 0 aromatic heterocycles. The molecule has 0 aliphatic carbocycles. The number of nitrogens with one attached hydrogen (secondary N) is 1. The van der Waals surface area contributed by atoms with Crippen LogP contribution in [0.15, 0.2) is 0 Å². The fourth-order valence-corrected chi connectivity index (χ4v) is 0.412. The topological polar surface area (TPSA) is 124 Å². The van der Waals surface area contributed by atoms with Crippen LogP contribution in [-0.2, 0) is 9.59 Å². The third kappa shape index (κ3) is 5.90. The van der Waals surface area contributed by atoms with Crippen LogP contribution in [-0.4, -0.2) is 30.9 Å². The first kappa shape index (κ1) is 13.7. The number of halogens is 1. The van der Waals surface area contributed by atoms with Crippen LogP contribution in [0.5, 0.6) is 0 Å². The number of nitrogens with two attached hydrogens (primary N) is 3. The number of hydrogen-bond donors (Lipinski definition) is 4. The molecular weight excluding hydrogens is 184 g/mol. The summed E-state index contributed by atoms with van der Waals surface area (Å²) in [7, 11) is 0. The molecule has 12 heavy (non-hydrogen) atoms. The Bertz CT molecular complexity index is 164. The summed E-state index contributed by atoms with van der Waals surface area (Å²) in [4.78, 5) is 20.9. The number of rotatable bonds is 4. The van der Waals surface area contributed by atoms with E-state index in [2.05, 4.69) is 5.32 Å². The Morgan fingerprint density at radius 1 is 1.42 bits per heavy atom. The first-order chi connectivity index (χ1) is 5.07. The summed E-state index contributed by atoms with van der Waals surface area (Å²) in [6, 6.07) is -0.769. The zero-order valence-corrected chi connectivity index (χ0v) is 7.26. The first-order valence-electron chi connectivity index (χ1n) is 3.09. The van der Waals surface area contributed by atoms with Crippen molar-refractivity contribution in [2.24, 2.45) is 17.2 Å². The van der Waals surface area contributed by atoms with Crippen molar-refractivity contribution in [1.29, 1.82) is 0 Å². The maximum absolute atomic E-state index is 10.8. The van der Waals surface area contributed by atoms with Gasteiger partial charge in [-0.2, -0.15) is 0 Å². The van der Waals surface area contributed by atoms with E-state index in [9.17, 15) is 9.59 Å². The Morgan fingerprint density at radius 2 is 1.92 bits per heavy atom.